The fraction of sp³-hybridized carbons (Fsp3) is 0.422. The number of hydrogen-bond acceptors (Lipinski definition) is 7. The molecule has 2 aliphatic heterocycles. The van der Waals surface area contributed by atoms with Crippen LogP contribution in [0.4, 0.5) is 0 Å². The van der Waals surface area contributed by atoms with Crippen LogP contribution in [0.5, 0.6) is 5.75 Å². The van der Waals surface area contributed by atoms with Crippen molar-refractivity contribution in [2.45, 2.75) is 62.8 Å². The molecule has 0 bridgehead atoms. The molecule has 4 aromatic carbocycles. The fourth-order valence-corrected chi connectivity index (χ4v) is 8.41. The number of β-amino-alcohol motifs (C(OH)–C–C–N with tert-alkyl or cyclic N) is 1. The topological polar surface area (TPSA) is 112 Å². The number of nitrogens with zero attached hydrogens (tertiary/aromatic N) is 2. The third-order valence-electron chi connectivity index (χ3n) is 11.3. The maximum Gasteiger partial charge on any atom is 0.226 e. The second kappa shape index (κ2) is 18.2. The van der Waals surface area contributed by atoms with Crippen LogP contribution in [0.1, 0.15) is 46.7 Å². The number of fused-ring (bicyclic) bond motifs is 1. The Labute approximate surface area is 318 Å². The van der Waals surface area contributed by atoms with Crippen molar-refractivity contribution in [2.24, 2.45) is 11.8 Å². The van der Waals surface area contributed by atoms with Gasteiger partial charge in [0.1, 0.15) is 12.4 Å². The maximum atomic E-state index is 14.1. The van der Waals surface area contributed by atoms with Crippen molar-refractivity contribution in [1.29, 1.82) is 0 Å². The van der Waals surface area contributed by atoms with Gasteiger partial charge in [0.25, 0.3) is 0 Å². The third kappa shape index (κ3) is 9.76. The number of carbonyl (C=O) groups is 2. The summed E-state index contributed by atoms with van der Waals surface area (Å²) in [6, 6.07) is 35.3. The lowest BCUT2D eigenvalue weighted by atomic mass is 9.91. The molecule has 0 aromatic heterocycles. The van der Waals surface area contributed by atoms with E-state index in [9.17, 15) is 19.8 Å². The van der Waals surface area contributed by atoms with E-state index >= 15 is 0 Å². The smallest absolute Gasteiger partial charge is 0.226 e. The van der Waals surface area contributed by atoms with Gasteiger partial charge in [0.05, 0.1) is 31.5 Å². The number of likely N-dealkylation sites (tertiary alicyclic amines) is 1. The van der Waals surface area contributed by atoms with E-state index in [0.717, 1.165) is 66.4 Å². The van der Waals surface area contributed by atoms with Gasteiger partial charge in [0, 0.05) is 50.5 Å². The number of amides is 2. The van der Waals surface area contributed by atoms with E-state index in [1.54, 1.807) is 0 Å². The van der Waals surface area contributed by atoms with Gasteiger partial charge in [0.2, 0.25) is 11.8 Å². The van der Waals surface area contributed by atoms with Crippen molar-refractivity contribution >= 4 is 11.8 Å². The van der Waals surface area contributed by atoms with Crippen LogP contribution in [-0.4, -0.2) is 96.1 Å². The van der Waals surface area contributed by atoms with Crippen LogP contribution in [0.25, 0.3) is 0 Å². The molecule has 9 nitrogen and oxygen atoms in total. The summed E-state index contributed by atoms with van der Waals surface area (Å²) in [6.07, 6.45) is 1.45. The summed E-state index contributed by atoms with van der Waals surface area (Å²) in [4.78, 5) is 32.3. The Kier molecular flexibility index (Phi) is 12.7. The monoisotopic (exact) mass is 731 g/mol. The van der Waals surface area contributed by atoms with Gasteiger partial charge in [-0.25, -0.2) is 0 Å². The number of rotatable bonds is 16. The van der Waals surface area contributed by atoms with E-state index in [-0.39, 0.29) is 36.7 Å². The van der Waals surface area contributed by atoms with Crippen molar-refractivity contribution in [3.05, 3.63) is 137 Å². The molecule has 2 heterocycles. The SMILES string of the molecule is O=C(N[C@H]1c2ccccc2C[C@H]1O)[C@@H](Cc1ccccc1)C[C@H](O)CN1C(=O)[C@@H](Cc2ccccc2)C[C@@H]1Cc1ccc(OCCN2CCOCC2)cc1. The summed E-state index contributed by atoms with van der Waals surface area (Å²) < 4.78 is 11.5. The zero-order valence-corrected chi connectivity index (χ0v) is 31.0. The standard InChI is InChI=1S/C45H53N3O6/c49-39(29-36(25-32-9-3-1-4-10-32)44(51)46-43-41-14-8-7-13-35(41)30-42(43)50)31-48-38(28-37(45(48)52)26-33-11-5-2-6-12-33)27-34-15-17-40(18-16-34)54-24-21-47-19-22-53-23-20-47/h1-18,36-39,42-43,49-50H,19-31H2,(H,46,51)/t36-,37-,38-,39-,42+,43-/m0/s1. The van der Waals surface area contributed by atoms with Crippen LogP contribution < -0.4 is 10.1 Å². The van der Waals surface area contributed by atoms with Gasteiger partial charge in [-0.1, -0.05) is 97.1 Å². The molecular formula is C45H53N3O6. The molecule has 2 amide bonds. The molecule has 6 atom stereocenters. The highest BCUT2D eigenvalue weighted by atomic mass is 16.5. The number of ether oxygens (including phenoxy) is 2. The molecule has 54 heavy (non-hydrogen) atoms. The number of hydrogen-bond donors (Lipinski definition) is 3. The molecule has 7 rings (SSSR count). The van der Waals surface area contributed by atoms with Crippen molar-refractivity contribution in [1.82, 2.24) is 15.1 Å². The summed E-state index contributed by atoms with van der Waals surface area (Å²) in [5, 5.41) is 25.7. The van der Waals surface area contributed by atoms with E-state index < -0.39 is 24.2 Å². The number of benzene rings is 4. The number of nitrogens with one attached hydrogen (secondary N) is 1. The van der Waals surface area contributed by atoms with Gasteiger partial charge >= 0.3 is 0 Å². The van der Waals surface area contributed by atoms with E-state index in [4.69, 9.17) is 9.47 Å². The van der Waals surface area contributed by atoms with Gasteiger partial charge in [0.15, 0.2) is 0 Å². The Bertz CT molecular complexity index is 1800. The molecule has 9 heteroatoms. The number of aliphatic hydroxyl groups excluding tert-OH is 2. The highest BCUT2D eigenvalue weighted by Crippen LogP contribution is 2.33. The highest BCUT2D eigenvalue weighted by molar-refractivity contribution is 5.82. The Balaban J connectivity index is 1.03. The Morgan fingerprint density at radius 3 is 2.26 bits per heavy atom. The minimum atomic E-state index is -0.922. The molecule has 0 radical (unpaired) electrons. The van der Waals surface area contributed by atoms with E-state index in [0.29, 0.717) is 38.7 Å². The lowest BCUT2D eigenvalue weighted by Gasteiger charge is -2.29. The molecule has 3 aliphatic rings. The fourth-order valence-electron chi connectivity index (χ4n) is 8.41. The minimum absolute atomic E-state index is 0.0423. The summed E-state index contributed by atoms with van der Waals surface area (Å²) in [5.74, 6) is -0.105. The van der Waals surface area contributed by atoms with Crippen molar-refractivity contribution in [3.63, 3.8) is 0 Å². The van der Waals surface area contributed by atoms with Gasteiger partial charge in [-0.2, -0.15) is 0 Å². The van der Waals surface area contributed by atoms with Crippen LogP contribution in [0.15, 0.2) is 109 Å². The normalized spacial score (nSPS) is 22.5. The average Bonchev–Trinajstić information content (AvgIpc) is 3.66. The van der Waals surface area contributed by atoms with Gasteiger partial charge in [-0.3, -0.25) is 14.5 Å². The molecule has 0 saturated carbocycles. The van der Waals surface area contributed by atoms with E-state index in [1.807, 2.05) is 89.8 Å². The lowest BCUT2D eigenvalue weighted by Crippen LogP contribution is -2.43. The van der Waals surface area contributed by atoms with Crippen LogP contribution in [-0.2, 0) is 40.0 Å². The van der Waals surface area contributed by atoms with Gasteiger partial charge in [-0.15, -0.1) is 0 Å². The summed E-state index contributed by atoms with van der Waals surface area (Å²) >= 11 is 0. The minimum Gasteiger partial charge on any atom is -0.492 e. The van der Waals surface area contributed by atoms with E-state index in [2.05, 4.69) is 34.5 Å². The molecule has 3 N–H and O–H groups in total. The van der Waals surface area contributed by atoms with Gasteiger partial charge in [-0.05, 0) is 72.1 Å². The molecule has 284 valence electrons. The van der Waals surface area contributed by atoms with E-state index in [1.165, 1.54) is 0 Å². The van der Waals surface area contributed by atoms with Crippen molar-refractivity contribution < 1.29 is 29.3 Å². The second-order valence-electron chi connectivity index (χ2n) is 15.2. The van der Waals surface area contributed by atoms with Gasteiger partial charge < -0.3 is 29.9 Å². The first-order chi connectivity index (χ1) is 26.4. The third-order valence-corrected chi connectivity index (χ3v) is 11.3. The van der Waals surface area contributed by atoms with Crippen LogP contribution in [0.2, 0.25) is 0 Å². The molecule has 0 spiro atoms. The Morgan fingerprint density at radius 1 is 0.852 bits per heavy atom. The largest absolute Gasteiger partial charge is 0.492 e. The lowest BCUT2D eigenvalue weighted by molar-refractivity contribution is -0.133. The Hall–Kier alpha value is -4.54. The Morgan fingerprint density at radius 2 is 1.52 bits per heavy atom. The zero-order chi connectivity index (χ0) is 37.3. The predicted molar refractivity (Wildman–Crippen MR) is 208 cm³/mol. The molecule has 2 fully saturated rings. The zero-order valence-electron chi connectivity index (χ0n) is 31.0. The summed E-state index contributed by atoms with van der Waals surface area (Å²) in [5.41, 5.74) is 5.17. The molecule has 0 unspecified atom stereocenters. The van der Waals surface area contributed by atoms with Crippen LogP contribution >= 0.6 is 0 Å². The van der Waals surface area contributed by atoms with Crippen molar-refractivity contribution in [2.75, 3.05) is 46.0 Å². The first-order valence-corrected chi connectivity index (χ1v) is 19.5. The first kappa shape index (κ1) is 37.8. The number of carbonyl (C=O) groups excluding carboxylic acids is 2. The number of morpholine rings is 1. The predicted octanol–water partition coefficient (Wildman–Crippen LogP) is 4.78. The molecule has 1 aliphatic carbocycles. The molecule has 2 saturated heterocycles. The number of aliphatic hydroxyl groups is 2. The molecule has 4 aromatic rings. The average molecular weight is 732 g/mol. The maximum absolute atomic E-state index is 14.1. The molecular weight excluding hydrogens is 679 g/mol. The highest BCUT2D eigenvalue weighted by Gasteiger charge is 2.41. The van der Waals surface area contributed by atoms with Crippen molar-refractivity contribution in [3.8, 4) is 5.75 Å². The summed E-state index contributed by atoms with van der Waals surface area (Å²) in [7, 11) is 0. The van der Waals surface area contributed by atoms with Crippen LogP contribution in [0, 0.1) is 11.8 Å². The second-order valence-corrected chi connectivity index (χ2v) is 15.2. The first-order valence-electron chi connectivity index (χ1n) is 19.5. The quantitative estimate of drug-likeness (QED) is 0.152. The summed E-state index contributed by atoms with van der Waals surface area (Å²) in [6.45, 7) is 5.01. The van der Waals surface area contributed by atoms with Crippen LogP contribution in [0.3, 0.4) is 0 Å².